The topological polar surface area (TPSA) is 72.1 Å². The molecule has 1 heterocycles. The second-order valence-corrected chi connectivity index (χ2v) is 10.6. The lowest BCUT2D eigenvalue weighted by molar-refractivity contribution is 0.403. The van der Waals surface area contributed by atoms with E-state index in [4.69, 9.17) is 26.1 Å². The average molecular weight is 582 g/mol. The molecule has 0 aliphatic heterocycles. The largest absolute Gasteiger partial charge is 0.507 e. The SMILES string of the molecule is COc1cc(O)c2c(=O)cc(C)oc2c1CC=C(C)C.Cc1cccc(N(C)C(=S)Oc2ccc3ccccc3c2)c1. The molecule has 5 rings (SSSR count). The van der Waals surface area contributed by atoms with Gasteiger partial charge in [-0.3, -0.25) is 4.79 Å². The molecule has 42 heavy (non-hydrogen) atoms. The number of aryl methyl sites for hydroxylation is 2. The molecule has 6 nitrogen and oxygen atoms in total. The molecule has 0 spiro atoms. The highest BCUT2D eigenvalue weighted by atomic mass is 32.1. The number of anilines is 1. The molecule has 0 bridgehead atoms. The Hall–Kier alpha value is -4.62. The van der Waals surface area contributed by atoms with Gasteiger partial charge in [0, 0.05) is 30.4 Å². The fourth-order valence-electron chi connectivity index (χ4n) is 4.48. The zero-order valence-electron chi connectivity index (χ0n) is 24.7. The van der Waals surface area contributed by atoms with Gasteiger partial charge in [0.15, 0.2) is 5.43 Å². The smallest absolute Gasteiger partial charge is 0.269 e. The number of methoxy groups -OCH3 is 1. The van der Waals surface area contributed by atoms with Gasteiger partial charge in [0.2, 0.25) is 0 Å². The standard InChI is InChI=1S/C19H17NOS.C16H18O4/c1-14-6-5-9-17(12-14)20(2)19(22)21-18-11-10-15-7-3-4-8-16(15)13-18;1-9(2)5-6-11-14(19-4)8-13(18)15-12(17)7-10(3)20-16(11)15/h3-13H,1-2H3;5,7-8,18H,6H2,1-4H3. The van der Waals surface area contributed by atoms with Crippen molar-refractivity contribution in [2.24, 2.45) is 0 Å². The first-order valence-corrected chi connectivity index (χ1v) is 14.0. The highest BCUT2D eigenvalue weighted by molar-refractivity contribution is 7.80. The number of nitrogens with zero attached hydrogens (tertiary/aromatic N) is 1. The number of phenols is 1. The van der Waals surface area contributed by atoms with Crippen molar-refractivity contribution in [3.05, 3.63) is 118 Å². The third-order valence-corrected chi connectivity index (χ3v) is 7.05. The lowest BCUT2D eigenvalue weighted by Gasteiger charge is -2.20. The summed E-state index contributed by atoms with van der Waals surface area (Å²) in [5, 5.41) is 13.0. The Morgan fingerprint density at radius 3 is 2.40 bits per heavy atom. The van der Waals surface area contributed by atoms with Crippen molar-refractivity contribution in [2.75, 3.05) is 19.1 Å². The third-order valence-electron chi connectivity index (χ3n) is 6.69. The number of thiocarbonyl (C=S) groups is 1. The molecule has 0 atom stereocenters. The summed E-state index contributed by atoms with van der Waals surface area (Å²) in [7, 11) is 3.44. The van der Waals surface area contributed by atoms with E-state index in [-0.39, 0.29) is 16.6 Å². The summed E-state index contributed by atoms with van der Waals surface area (Å²) in [6.45, 7) is 7.76. The van der Waals surface area contributed by atoms with Crippen LogP contribution in [-0.2, 0) is 6.42 Å². The zero-order valence-corrected chi connectivity index (χ0v) is 25.5. The van der Waals surface area contributed by atoms with Crippen LogP contribution in [0.2, 0.25) is 0 Å². The average Bonchev–Trinajstić information content (AvgIpc) is 2.95. The van der Waals surface area contributed by atoms with Crippen LogP contribution in [0.5, 0.6) is 17.2 Å². The van der Waals surface area contributed by atoms with Gasteiger partial charge in [-0.05, 0) is 86.9 Å². The van der Waals surface area contributed by atoms with Crippen molar-refractivity contribution in [1.29, 1.82) is 0 Å². The van der Waals surface area contributed by atoms with Gasteiger partial charge in [-0.25, -0.2) is 0 Å². The molecule has 0 aliphatic carbocycles. The molecule has 0 aliphatic rings. The van der Waals surface area contributed by atoms with Crippen LogP contribution in [0.1, 0.15) is 30.7 Å². The summed E-state index contributed by atoms with van der Waals surface area (Å²) < 4.78 is 16.8. The van der Waals surface area contributed by atoms with Crippen molar-refractivity contribution in [3.63, 3.8) is 0 Å². The normalized spacial score (nSPS) is 10.5. The summed E-state index contributed by atoms with van der Waals surface area (Å²) in [6.07, 6.45) is 2.60. The van der Waals surface area contributed by atoms with Crippen LogP contribution >= 0.6 is 12.2 Å². The number of benzene rings is 4. The third kappa shape index (κ3) is 7.17. The summed E-state index contributed by atoms with van der Waals surface area (Å²) >= 11 is 5.41. The molecular weight excluding hydrogens is 546 g/mol. The fourth-order valence-corrected chi connectivity index (χ4v) is 4.69. The molecule has 0 saturated heterocycles. The van der Waals surface area contributed by atoms with Gasteiger partial charge in [0.05, 0.1) is 7.11 Å². The molecule has 0 amide bonds. The minimum absolute atomic E-state index is 0.119. The molecule has 1 N–H and O–H groups in total. The first kappa shape index (κ1) is 30.3. The zero-order chi connectivity index (χ0) is 30.4. The lowest BCUT2D eigenvalue weighted by atomic mass is 10.0. The molecule has 0 fully saturated rings. The molecule has 0 saturated carbocycles. The highest BCUT2D eigenvalue weighted by Crippen LogP contribution is 2.34. The molecule has 216 valence electrons. The Morgan fingerprint density at radius 2 is 1.71 bits per heavy atom. The molecule has 1 aromatic heterocycles. The Morgan fingerprint density at radius 1 is 0.976 bits per heavy atom. The summed E-state index contributed by atoms with van der Waals surface area (Å²) in [5.74, 6) is 1.66. The number of fused-ring (bicyclic) bond motifs is 2. The second-order valence-electron chi connectivity index (χ2n) is 10.3. The first-order chi connectivity index (χ1) is 20.1. The monoisotopic (exact) mass is 581 g/mol. The van der Waals surface area contributed by atoms with Crippen molar-refractivity contribution in [3.8, 4) is 17.2 Å². The van der Waals surface area contributed by atoms with Gasteiger partial charge < -0.3 is 23.9 Å². The maximum Gasteiger partial charge on any atom is 0.269 e. The van der Waals surface area contributed by atoms with Crippen LogP contribution in [0.15, 0.2) is 99.7 Å². The highest BCUT2D eigenvalue weighted by Gasteiger charge is 2.17. The van der Waals surface area contributed by atoms with Crippen LogP contribution in [0.3, 0.4) is 0 Å². The van der Waals surface area contributed by atoms with Gasteiger partial charge in [-0.1, -0.05) is 54.1 Å². The Kier molecular flexibility index (Phi) is 9.65. The van der Waals surface area contributed by atoms with Crippen LogP contribution in [0, 0.1) is 13.8 Å². The van der Waals surface area contributed by atoms with Crippen LogP contribution in [0.4, 0.5) is 5.69 Å². The number of phenolic OH excluding ortho intramolecular Hbond substituents is 1. The van der Waals surface area contributed by atoms with Gasteiger partial charge in [0.25, 0.3) is 5.17 Å². The number of aromatic hydroxyl groups is 1. The number of allylic oxidation sites excluding steroid dienone is 2. The van der Waals surface area contributed by atoms with Gasteiger partial charge in [-0.2, -0.15) is 0 Å². The van der Waals surface area contributed by atoms with Crippen molar-refractivity contribution >= 4 is 44.8 Å². The van der Waals surface area contributed by atoms with E-state index in [0.29, 0.717) is 28.7 Å². The molecule has 4 aromatic carbocycles. The Labute approximate surface area is 251 Å². The summed E-state index contributed by atoms with van der Waals surface area (Å²) in [6, 6.07) is 25.2. The molecule has 5 aromatic rings. The maximum atomic E-state index is 12.0. The minimum atomic E-state index is -0.248. The molecule has 0 radical (unpaired) electrons. The number of rotatable bonds is 5. The predicted molar refractivity (Wildman–Crippen MR) is 175 cm³/mol. The molecule has 7 heteroatoms. The van der Waals surface area contributed by atoms with E-state index in [1.165, 1.54) is 30.2 Å². The fraction of sp³-hybridized carbons (Fsp3) is 0.200. The lowest BCUT2D eigenvalue weighted by Crippen LogP contribution is -2.29. The molecule has 0 unspecified atom stereocenters. The first-order valence-electron chi connectivity index (χ1n) is 13.5. The van der Waals surface area contributed by atoms with E-state index in [2.05, 4.69) is 31.2 Å². The van der Waals surface area contributed by atoms with Gasteiger partial charge in [0.1, 0.15) is 34.0 Å². The Balaban J connectivity index is 0.000000194. The van der Waals surface area contributed by atoms with Crippen molar-refractivity contribution in [1.82, 2.24) is 0 Å². The van der Waals surface area contributed by atoms with Crippen LogP contribution in [-0.4, -0.2) is 24.4 Å². The van der Waals surface area contributed by atoms with E-state index >= 15 is 0 Å². The number of hydrogen-bond donors (Lipinski definition) is 1. The number of hydrogen-bond acceptors (Lipinski definition) is 6. The van der Waals surface area contributed by atoms with Crippen molar-refractivity contribution in [2.45, 2.75) is 34.1 Å². The van der Waals surface area contributed by atoms with E-state index < -0.39 is 0 Å². The molecular formula is C35H35NO5S. The van der Waals surface area contributed by atoms with E-state index in [0.717, 1.165) is 28.0 Å². The maximum absolute atomic E-state index is 12.0. The van der Waals surface area contributed by atoms with E-state index in [1.54, 1.807) is 6.92 Å². The number of ether oxygens (including phenoxy) is 2. The Bertz CT molecular complexity index is 1840. The summed E-state index contributed by atoms with van der Waals surface area (Å²) in [4.78, 5) is 13.9. The minimum Gasteiger partial charge on any atom is -0.507 e. The quantitative estimate of drug-likeness (QED) is 0.165. The van der Waals surface area contributed by atoms with Crippen molar-refractivity contribution < 1.29 is 19.0 Å². The predicted octanol–water partition coefficient (Wildman–Crippen LogP) is 8.27. The van der Waals surface area contributed by atoms with Crippen LogP contribution < -0.4 is 19.8 Å². The summed E-state index contributed by atoms with van der Waals surface area (Å²) in [5.41, 5.74) is 4.28. The second kappa shape index (κ2) is 13.4. The van der Waals surface area contributed by atoms with E-state index in [9.17, 15) is 9.90 Å². The van der Waals surface area contributed by atoms with Gasteiger partial charge >= 0.3 is 0 Å². The van der Waals surface area contributed by atoms with Gasteiger partial charge in [-0.15, -0.1) is 0 Å². The van der Waals surface area contributed by atoms with E-state index in [1.807, 2.05) is 74.3 Å². The van der Waals surface area contributed by atoms with Crippen LogP contribution in [0.25, 0.3) is 21.7 Å².